The van der Waals surface area contributed by atoms with Crippen LogP contribution in [-0.4, -0.2) is 13.1 Å². The quantitative estimate of drug-likeness (QED) is 0.761. The molecule has 1 aliphatic heterocycles. The van der Waals surface area contributed by atoms with Crippen LogP contribution in [0.15, 0.2) is 22.7 Å². The fourth-order valence-electron chi connectivity index (χ4n) is 2.98. The summed E-state index contributed by atoms with van der Waals surface area (Å²) in [5, 5.41) is 3.59. The number of hydrogen-bond donors (Lipinski definition) is 1. The van der Waals surface area contributed by atoms with E-state index >= 15 is 0 Å². The van der Waals surface area contributed by atoms with E-state index in [0.29, 0.717) is 5.41 Å². The van der Waals surface area contributed by atoms with Gasteiger partial charge in [-0.15, -0.1) is 0 Å². The Hall–Kier alpha value is -0.340. The minimum absolute atomic E-state index is 0.479. The highest BCUT2D eigenvalue weighted by atomic mass is 79.9. The van der Waals surface area contributed by atoms with E-state index in [1.165, 1.54) is 36.7 Å². The van der Waals surface area contributed by atoms with Crippen molar-refractivity contribution in [2.75, 3.05) is 13.1 Å². The molecule has 1 fully saturated rings. The fourth-order valence-corrected chi connectivity index (χ4v) is 3.39. The van der Waals surface area contributed by atoms with E-state index in [4.69, 9.17) is 0 Å². The Labute approximate surface area is 99.4 Å². The molecule has 1 nitrogen and oxygen atoms in total. The van der Waals surface area contributed by atoms with Crippen LogP contribution in [0.3, 0.4) is 0 Å². The van der Waals surface area contributed by atoms with Crippen molar-refractivity contribution in [3.05, 3.63) is 33.8 Å². The Balaban J connectivity index is 2.09. The molecule has 0 bridgehead atoms. The lowest BCUT2D eigenvalue weighted by atomic mass is 9.63. The summed E-state index contributed by atoms with van der Waals surface area (Å²) in [7, 11) is 0. The average Bonchev–Trinajstić information content (AvgIpc) is 2.35. The summed E-state index contributed by atoms with van der Waals surface area (Å²) in [6.45, 7) is 2.31. The summed E-state index contributed by atoms with van der Waals surface area (Å²) in [6.07, 6.45) is 5.32. The Morgan fingerprint density at radius 2 is 2.13 bits per heavy atom. The maximum absolute atomic E-state index is 3.59. The molecule has 0 saturated heterocycles. The Bertz CT molecular complexity index is 382. The lowest BCUT2D eigenvalue weighted by Crippen LogP contribution is -2.42. The first-order valence-electron chi connectivity index (χ1n) is 5.80. The number of benzene rings is 1. The van der Waals surface area contributed by atoms with Crippen molar-refractivity contribution >= 4 is 15.9 Å². The topological polar surface area (TPSA) is 12.0 Å². The number of hydrogen-bond acceptors (Lipinski definition) is 1. The molecule has 0 aromatic heterocycles. The van der Waals surface area contributed by atoms with E-state index in [9.17, 15) is 0 Å². The van der Waals surface area contributed by atoms with Crippen LogP contribution in [0.25, 0.3) is 0 Å². The standard InChI is InChI=1S/C13H16BrN/c14-11-2-3-12-10(8-11)4-7-15-9-13(12)5-1-6-13/h2-3,8,15H,1,4-7,9H2. The first kappa shape index (κ1) is 9.86. The van der Waals surface area contributed by atoms with Gasteiger partial charge in [0, 0.05) is 16.4 Å². The monoisotopic (exact) mass is 265 g/mol. The lowest BCUT2D eigenvalue weighted by Gasteiger charge is -2.42. The van der Waals surface area contributed by atoms with Crippen LogP contribution in [0.1, 0.15) is 30.4 Å². The molecule has 2 heteroatoms. The minimum atomic E-state index is 0.479. The Kier molecular flexibility index (Phi) is 2.37. The molecule has 15 heavy (non-hydrogen) atoms. The average molecular weight is 266 g/mol. The van der Waals surface area contributed by atoms with Crippen molar-refractivity contribution in [1.29, 1.82) is 0 Å². The van der Waals surface area contributed by atoms with E-state index in [1.807, 2.05) is 0 Å². The van der Waals surface area contributed by atoms with Crippen molar-refractivity contribution in [2.24, 2.45) is 0 Å². The molecule has 0 unspecified atom stereocenters. The number of nitrogens with one attached hydrogen (secondary N) is 1. The SMILES string of the molecule is Brc1ccc2c(c1)CCNCC21CCC1. The van der Waals surface area contributed by atoms with E-state index in [1.54, 1.807) is 11.1 Å². The first-order valence-corrected chi connectivity index (χ1v) is 6.59. The first-order chi connectivity index (χ1) is 7.30. The third-order valence-corrected chi connectivity index (χ3v) is 4.48. The smallest absolute Gasteiger partial charge is 0.0178 e. The van der Waals surface area contributed by atoms with Crippen molar-refractivity contribution in [1.82, 2.24) is 5.32 Å². The number of fused-ring (bicyclic) bond motifs is 2. The lowest BCUT2D eigenvalue weighted by molar-refractivity contribution is 0.239. The van der Waals surface area contributed by atoms with Crippen LogP contribution in [0, 0.1) is 0 Å². The van der Waals surface area contributed by atoms with Gasteiger partial charge in [0.2, 0.25) is 0 Å². The molecule has 1 spiro atoms. The predicted octanol–water partition coefficient (Wildman–Crippen LogP) is 3.02. The summed E-state index contributed by atoms with van der Waals surface area (Å²) >= 11 is 3.57. The van der Waals surface area contributed by atoms with Crippen molar-refractivity contribution < 1.29 is 0 Å². The van der Waals surface area contributed by atoms with Gasteiger partial charge in [0.15, 0.2) is 0 Å². The fraction of sp³-hybridized carbons (Fsp3) is 0.538. The molecule has 3 rings (SSSR count). The van der Waals surface area contributed by atoms with Gasteiger partial charge in [0.25, 0.3) is 0 Å². The molecule has 1 aliphatic carbocycles. The van der Waals surface area contributed by atoms with Crippen LogP contribution in [-0.2, 0) is 11.8 Å². The van der Waals surface area contributed by atoms with E-state index in [0.717, 1.165) is 6.54 Å². The summed E-state index contributed by atoms with van der Waals surface area (Å²) in [5.74, 6) is 0. The Morgan fingerprint density at radius 3 is 2.87 bits per heavy atom. The molecule has 1 N–H and O–H groups in total. The highest BCUT2D eigenvalue weighted by Crippen LogP contribution is 2.45. The molecule has 0 atom stereocenters. The highest BCUT2D eigenvalue weighted by molar-refractivity contribution is 9.10. The molecule has 0 amide bonds. The highest BCUT2D eigenvalue weighted by Gasteiger charge is 2.40. The maximum Gasteiger partial charge on any atom is 0.0178 e. The van der Waals surface area contributed by atoms with Gasteiger partial charge in [-0.25, -0.2) is 0 Å². The van der Waals surface area contributed by atoms with Crippen molar-refractivity contribution in [2.45, 2.75) is 31.1 Å². The molecule has 1 heterocycles. The minimum Gasteiger partial charge on any atom is -0.316 e. The molecule has 0 radical (unpaired) electrons. The second-order valence-electron chi connectivity index (χ2n) is 4.86. The second kappa shape index (κ2) is 3.60. The van der Waals surface area contributed by atoms with Crippen LogP contribution < -0.4 is 5.32 Å². The number of halogens is 1. The summed E-state index contributed by atoms with van der Waals surface area (Å²) in [6, 6.07) is 6.85. The molecule has 2 aliphatic rings. The molecule has 1 aromatic rings. The second-order valence-corrected chi connectivity index (χ2v) is 5.78. The zero-order chi connectivity index (χ0) is 10.3. The van der Waals surface area contributed by atoms with Crippen LogP contribution in [0.2, 0.25) is 0 Å². The predicted molar refractivity (Wildman–Crippen MR) is 66.2 cm³/mol. The van der Waals surface area contributed by atoms with E-state index < -0.39 is 0 Å². The molecule has 80 valence electrons. The third-order valence-electron chi connectivity index (χ3n) is 3.98. The zero-order valence-electron chi connectivity index (χ0n) is 8.85. The van der Waals surface area contributed by atoms with Gasteiger partial charge in [0.1, 0.15) is 0 Å². The summed E-state index contributed by atoms with van der Waals surface area (Å²) in [5.41, 5.74) is 3.64. The third kappa shape index (κ3) is 1.55. The zero-order valence-corrected chi connectivity index (χ0v) is 10.4. The van der Waals surface area contributed by atoms with Gasteiger partial charge in [0.05, 0.1) is 0 Å². The summed E-state index contributed by atoms with van der Waals surface area (Å²) < 4.78 is 1.22. The van der Waals surface area contributed by atoms with Gasteiger partial charge in [-0.3, -0.25) is 0 Å². The van der Waals surface area contributed by atoms with E-state index in [-0.39, 0.29) is 0 Å². The molecule has 1 saturated carbocycles. The van der Waals surface area contributed by atoms with Gasteiger partial charge < -0.3 is 5.32 Å². The van der Waals surface area contributed by atoms with Crippen LogP contribution >= 0.6 is 15.9 Å². The van der Waals surface area contributed by atoms with Crippen LogP contribution in [0.5, 0.6) is 0 Å². The van der Waals surface area contributed by atoms with Gasteiger partial charge in [-0.1, -0.05) is 28.4 Å². The number of rotatable bonds is 0. The van der Waals surface area contributed by atoms with Crippen LogP contribution in [0.4, 0.5) is 0 Å². The van der Waals surface area contributed by atoms with Gasteiger partial charge in [-0.2, -0.15) is 0 Å². The van der Waals surface area contributed by atoms with Gasteiger partial charge in [-0.05, 0) is 49.1 Å². The molecule has 1 aromatic carbocycles. The van der Waals surface area contributed by atoms with E-state index in [2.05, 4.69) is 39.4 Å². The Morgan fingerprint density at radius 1 is 1.27 bits per heavy atom. The molecular formula is C13H16BrN. The maximum atomic E-state index is 3.59. The largest absolute Gasteiger partial charge is 0.316 e. The summed E-state index contributed by atoms with van der Waals surface area (Å²) in [4.78, 5) is 0. The normalized spacial score (nSPS) is 23.0. The van der Waals surface area contributed by atoms with Crippen molar-refractivity contribution in [3.8, 4) is 0 Å². The van der Waals surface area contributed by atoms with Crippen molar-refractivity contribution in [3.63, 3.8) is 0 Å². The van der Waals surface area contributed by atoms with Gasteiger partial charge >= 0.3 is 0 Å². The molecular weight excluding hydrogens is 250 g/mol.